The predicted octanol–water partition coefficient (Wildman–Crippen LogP) is 3.72. The van der Waals surface area contributed by atoms with Gasteiger partial charge in [0.05, 0.1) is 11.7 Å². The van der Waals surface area contributed by atoms with Crippen molar-refractivity contribution in [1.82, 2.24) is 0 Å². The molecule has 0 spiro atoms. The molecule has 0 atom stereocenters. The third-order valence-corrected chi connectivity index (χ3v) is 3.62. The van der Waals surface area contributed by atoms with Crippen LogP contribution < -0.4 is 19.8 Å². The third-order valence-electron chi connectivity index (χ3n) is 3.62. The Morgan fingerprint density at radius 1 is 0.929 bits per heavy atom. The Hall–Kier alpha value is -3.61. The van der Waals surface area contributed by atoms with Gasteiger partial charge in [-0.15, -0.1) is 0 Å². The molecule has 7 heteroatoms. The number of carbonyl (C=O) groups excluding carboxylic acids is 2. The molecule has 1 aromatic heterocycles. The lowest BCUT2D eigenvalue weighted by Gasteiger charge is -2.16. The second-order valence-corrected chi connectivity index (χ2v) is 6.19. The molecule has 0 fully saturated rings. The number of hydrogen-bond acceptors (Lipinski definition) is 7. The van der Waals surface area contributed by atoms with Crippen LogP contribution in [0.5, 0.6) is 17.2 Å². The number of rotatable bonds is 5. The lowest BCUT2D eigenvalue weighted by atomic mass is 10.2. The highest BCUT2D eigenvalue weighted by Gasteiger charge is 2.25. The van der Waals surface area contributed by atoms with E-state index in [4.69, 9.17) is 18.6 Å². The van der Waals surface area contributed by atoms with Crippen molar-refractivity contribution in [2.24, 2.45) is 0 Å². The highest BCUT2D eigenvalue weighted by Crippen LogP contribution is 2.39. The van der Waals surface area contributed by atoms with Crippen molar-refractivity contribution in [3.05, 3.63) is 64.5 Å². The lowest BCUT2D eigenvalue weighted by Crippen LogP contribution is -2.17. The third kappa shape index (κ3) is 4.03. The number of fused-ring (bicyclic) bond motifs is 1. The molecule has 0 saturated carbocycles. The fourth-order valence-electron chi connectivity index (χ4n) is 2.58. The van der Waals surface area contributed by atoms with Gasteiger partial charge in [-0.3, -0.25) is 4.79 Å². The normalized spacial score (nSPS) is 10.7. The van der Waals surface area contributed by atoms with E-state index >= 15 is 0 Å². The first-order valence-electron chi connectivity index (χ1n) is 8.59. The van der Waals surface area contributed by atoms with E-state index in [1.807, 2.05) is 13.8 Å². The summed E-state index contributed by atoms with van der Waals surface area (Å²) in [5.41, 5.74) is -0.546. The van der Waals surface area contributed by atoms with Crippen molar-refractivity contribution >= 4 is 22.9 Å². The van der Waals surface area contributed by atoms with Crippen LogP contribution in [0.15, 0.2) is 57.7 Å². The summed E-state index contributed by atoms with van der Waals surface area (Å²) in [4.78, 5) is 36.5. The standard InChI is InChI=1S/C21H18O7/c1-12(2)25-15-10-7-11-16-17(15)18(19(21(24)27-16)26-13(3)22)28-20(23)14-8-5-4-6-9-14/h4-12H,1-3H3. The van der Waals surface area contributed by atoms with Crippen molar-refractivity contribution in [3.63, 3.8) is 0 Å². The molecule has 0 unspecified atom stereocenters. The van der Waals surface area contributed by atoms with Gasteiger partial charge in [-0.05, 0) is 38.1 Å². The van der Waals surface area contributed by atoms with Crippen LogP contribution in [-0.4, -0.2) is 18.0 Å². The molecule has 144 valence electrons. The molecule has 3 aromatic rings. The first-order chi connectivity index (χ1) is 13.4. The molecule has 0 aliphatic carbocycles. The average Bonchev–Trinajstić information content (AvgIpc) is 2.64. The van der Waals surface area contributed by atoms with Crippen molar-refractivity contribution < 1.29 is 28.2 Å². The van der Waals surface area contributed by atoms with Crippen LogP contribution >= 0.6 is 0 Å². The molecule has 28 heavy (non-hydrogen) atoms. The summed E-state index contributed by atoms with van der Waals surface area (Å²) >= 11 is 0. The van der Waals surface area contributed by atoms with Gasteiger partial charge in [-0.1, -0.05) is 24.3 Å². The maximum atomic E-state index is 12.6. The fraction of sp³-hybridized carbons (Fsp3) is 0.190. The van der Waals surface area contributed by atoms with E-state index in [0.29, 0.717) is 5.75 Å². The van der Waals surface area contributed by atoms with E-state index in [-0.39, 0.29) is 28.4 Å². The van der Waals surface area contributed by atoms with E-state index in [1.54, 1.807) is 42.5 Å². The molecule has 3 rings (SSSR count). The molecular formula is C21H18O7. The summed E-state index contributed by atoms with van der Waals surface area (Å²) in [6.07, 6.45) is -0.202. The number of esters is 2. The number of benzene rings is 2. The quantitative estimate of drug-likeness (QED) is 0.490. The van der Waals surface area contributed by atoms with Crippen LogP contribution in [-0.2, 0) is 4.79 Å². The Kier molecular flexibility index (Phi) is 5.44. The summed E-state index contributed by atoms with van der Waals surface area (Å²) < 4.78 is 21.5. The van der Waals surface area contributed by atoms with Gasteiger partial charge in [-0.2, -0.15) is 0 Å². The number of ether oxygens (including phenoxy) is 3. The minimum absolute atomic E-state index is 0.134. The molecule has 0 saturated heterocycles. The zero-order chi connectivity index (χ0) is 20.3. The first kappa shape index (κ1) is 19.2. The second-order valence-electron chi connectivity index (χ2n) is 6.19. The summed E-state index contributed by atoms with van der Waals surface area (Å²) in [5.74, 6) is -1.90. The SMILES string of the molecule is CC(=O)Oc1c(OC(=O)c2ccccc2)c2c(OC(C)C)cccc2oc1=O. The summed E-state index contributed by atoms with van der Waals surface area (Å²) in [5, 5.41) is 0.219. The molecule has 1 heterocycles. The minimum atomic E-state index is -0.944. The summed E-state index contributed by atoms with van der Waals surface area (Å²) in [6, 6.07) is 13.0. The van der Waals surface area contributed by atoms with Gasteiger partial charge in [0.1, 0.15) is 16.7 Å². The first-order valence-corrected chi connectivity index (χ1v) is 8.59. The van der Waals surface area contributed by atoms with Crippen LogP contribution in [0.2, 0.25) is 0 Å². The van der Waals surface area contributed by atoms with Crippen LogP contribution in [0, 0.1) is 0 Å². The molecule has 0 bridgehead atoms. The molecule has 0 N–H and O–H groups in total. The maximum Gasteiger partial charge on any atom is 0.383 e. The van der Waals surface area contributed by atoms with Crippen LogP contribution in [0.3, 0.4) is 0 Å². The lowest BCUT2D eigenvalue weighted by molar-refractivity contribution is -0.132. The Balaban J connectivity index is 2.24. The predicted molar refractivity (Wildman–Crippen MR) is 101 cm³/mol. The minimum Gasteiger partial charge on any atom is -0.490 e. The van der Waals surface area contributed by atoms with Gasteiger partial charge < -0.3 is 18.6 Å². The monoisotopic (exact) mass is 382 g/mol. The maximum absolute atomic E-state index is 12.6. The molecule has 0 amide bonds. The highest BCUT2D eigenvalue weighted by atomic mass is 16.6. The van der Waals surface area contributed by atoms with Gasteiger partial charge in [0.15, 0.2) is 5.75 Å². The zero-order valence-electron chi connectivity index (χ0n) is 15.6. The number of carbonyl (C=O) groups is 2. The van der Waals surface area contributed by atoms with Crippen molar-refractivity contribution in [3.8, 4) is 17.2 Å². The Morgan fingerprint density at radius 3 is 2.29 bits per heavy atom. The molecule has 0 radical (unpaired) electrons. The van der Waals surface area contributed by atoms with E-state index < -0.39 is 23.3 Å². The van der Waals surface area contributed by atoms with E-state index in [9.17, 15) is 14.4 Å². The van der Waals surface area contributed by atoms with Crippen LogP contribution in [0.1, 0.15) is 31.1 Å². The van der Waals surface area contributed by atoms with E-state index in [2.05, 4.69) is 0 Å². The van der Waals surface area contributed by atoms with Crippen molar-refractivity contribution in [2.75, 3.05) is 0 Å². The van der Waals surface area contributed by atoms with E-state index in [0.717, 1.165) is 6.92 Å². The Morgan fingerprint density at radius 2 is 1.64 bits per heavy atom. The average molecular weight is 382 g/mol. The topological polar surface area (TPSA) is 92.0 Å². The van der Waals surface area contributed by atoms with Gasteiger partial charge in [0, 0.05) is 6.92 Å². The number of hydrogen-bond donors (Lipinski definition) is 0. The van der Waals surface area contributed by atoms with Crippen molar-refractivity contribution in [2.45, 2.75) is 26.9 Å². The van der Waals surface area contributed by atoms with Crippen LogP contribution in [0.4, 0.5) is 0 Å². The summed E-state index contributed by atoms with van der Waals surface area (Å²) in [7, 11) is 0. The molecule has 0 aliphatic rings. The smallest absolute Gasteiger partial charge is 0.383 e. The molecule has 7 nitrogen and oxygen atoms in total. The Labute approximate surface area is 160 Å². The Bertz CT molecular complexity index is 1080. The van der Waals surface area contributed by atoms with Gasteiger partial charge in [0.2, 0.25) is 0 Å². The molecule has 0 aliphatic heterocycles. The van der Waals surface area contributed by atoms with Crippen LogP contribution in [0.25, 0.3) is 11.0 Å². The highest BCUT2D eigenvalue weighted by molar-refractivity contribution is 5.98. The van der Waals surface area contributed by atoms with Crippen molar-refractivity contribution in [1.29, 1.82) is 0 Å². The zero-order valence-corrected chi connectivity index (χ0v) is 15.6. The van der Waals surface area contributed by atoms with Gasteiger partial charge in [0.25, 0.3) is 5.75 Å². The largest absolute Gasteiger partial charge is 0.490 e. The fourth-order valence-corrected chi connectivity index (χ4v) is 2.58. The molecule has 2 aromatic carbocycles. The second kappa shape index (κ2) is 7.96. The molecular weight excluding hydrogens is 364 g/mol. The van der Waals surface area contributed by atoms with E-state index in [1.165, 1.54) is 6.07 Å². The summed E-state index contributed by atoms with van der Waals surface area (Å²) in [6.45, 7) is 4.77. The van der Waals surface area contributed by atoms with Gasteiger partial charge >= 0.3 is 17.6 Å². The van der Waals surface area contributed by atoms with Gasteiger partial charge in [-0.25, -0.2) is 9.59 Å².